The monoisotopic (exact) mass is 255 g/mol. The molecule has 0 radical (unpaired) electrons. The molecule has 0 aliphatic rings. The third-order valence-electron chi connectivity index (χ3n) is 2.35. The van der Waals surface area contributed by atoms with E-state index < -0.39 is 5.82 Å². The van der Waals surface area contributed by atoms with Crippen LogP contribution in [0, 0.1) is 5.82 Å². The Balaban J connectivity index is 2.48. The van der Waals surface area contributed by atoms with Gasteiger partial charge >= 0.3 is 0 Å². The predicted octanol–water partition coefficient (Wildman–Crippen LogP) is 1.61. The molecule has 0 saturated heterocycles. The van der Waals surface area contributed by atoms with Crippen molar-refractivity contribution < 1.29 is 19.0 Å². The second-order valence-electron chi connectivity index (χ2n) is 3.80. The average molecular weight is 255 g/mol. The molecule has 18 heavy (non-hydrogen) atoms. The van der Waals surface area contributed by atoms with Gasteiger partial charge in [-0.2, -0.15) is 0 Å². The summed E-state index contributed by atoms with van der Waals surface area (Å²) in [6.45, 7) is 2.46. The van der Waals surface area contributed by atoms with Crippen molar-refractivity contribution in [3.05, 3.63) is 29.6 Å². The minimum atomic E-state index is -0.432. The smallest absolute Gasteiger partial charge is 0.220 e. The molecule has 1 amide bonds. The minimum Gasteiger partial charge on any atom is -0.491 e. The number of nitrogens with one attached hydrogen (secondary N) is 1. The van der Waals surface area contributed by atoms with Gasteiger partial charge in [0.15, 0.2) is 11.6 Å². The number of halogens is 1. The number of ether oxygens (including phenoxy) is 1. The Bertz CT molecular complexity index is 396. The summed E-state index contributed by atoms with van der Waals surface area (Å²) >= 11 is 0. The lowest BCUT2D eigenvalue weighted by molar-refractivity contribution is -0.121. The molecule has 1 aromatic carbocycles. The van der Waals surface area contributed by atoms with Crippen molar-refractivity contribution >= 4 is 5.91 Å². The Labute approximate surface area is 106 Å². The summed E-state index contributed by atoms with van der Waals surface area (Å²) in [7, 11) is 0. The lowest BCUT2D eigenvalue weighted by atomic mass is 10.2. The number of hydrogen-bond donors (Lipinski definition) is 2. The van der Waals surface area contributed by atoms with E-state index in [1.54, 1.807) is 19.1 Å². The maximum Gasteiger partial charge on any atom is 0.220 e. The molecule has 0 aromatic heterocycles. The van der Waals surface area contributed by atoms with Gasteiger partial charge in [0.1, 0.15) is 0 Å². The van der Waals surface area contributed by atoms with E-state index in [4.69, 9.17) is 9.84 Å². The molecular weight excluding hydrogens is 237 g/mol. The van der Waals surface area contributed by atoms with Crippen LogP contribution in [0.5, 0.6) is 5.75 Å². The predicted molar refractivity (Wildman–Crippen MR) is 65.7 cm³/mol. The van der Waals surface area contributed by atoms with Crippen LogP contribution in [0.2, 0.25) is 0 Å². The van der Waals surface area contributed by atoms with E-state index in [2.05, 4.69) is 5.32 Å². The first kappa shape index (κ1) is 14.4. The Hall–Kier alpha value is -1.62. The highest BCUT2D eigenvalue weighted by molar-refractivity contribution is 5.75. The summed E-state index contributed by atoms with van der Waals surface area (Å²) in [6, 6.07) is 4.60. The van der Waals surface area contributed by atoms with Crippen molar-refractivity contribution in [1.82, 2.24) is 5.32 Å². The number of carbonyl (C=O) groups excluding carboxylic acids is 1. The highest BCUT2D eigenvalue weighted by Gasteiger charge is 2.05. The van der Waals surface area contributed by atoms with E-state index in [0.717, 1.165) is 0 Å². The van der Waals surface area contributed by atoms with Crippen LogP contribution in [0.25, 0.3) is 0 Å². The molecule has 2 N–H and O–H groups in total. The molecule has 1 aromatic rings. The van der Waals surface area contributed by atoms with Gasteiger partial charge in [0, 0.05) is 19.6 Å². The molecule has 0 aliphatic heterocycles. The molecule has 0 aliphatic carbocycles. The first-order valence-electron chi connectivity index (χ1n) is 5.96. The van der Waals surface area contributed by atoms with Crippen LogP contribution in [0.3, 0.4) is 0 Å². The second-order valence-corrected chi connectivity index (χ2v) is 3.80. The lowest BCUT2D eigenvalue weighted by Gasteiger charge is -2.08. The fraction of sp³-hybridized carbons (Fsp3) is 0.462. The van der Waals surface area contributed by atoms with Gasteiger partial charge in [-0.05, 0) is 31.0 Å². The third-order valence-corrected chi connectivity index (χ3v) is 2.35. The van der Waals surface area contributed by atoms with Gasteiger partial charge in [0.05, 0.1) is 6.61 Å². The number of carbonyl (C=O) groups is 1. The second kappa shape index (κ2) is 7.66. The Morgan fingerprint density at radius 2 is 2.28 bits per heavy atom. The van der Waals surface area contributed by atoms with Gasteiger partial charge in [0.2, 0.25) is 5.91 Å². The van der Waals surface area contributed by atoms with Gasteiger partial charge in [0.25, 0.3) is 0 Å². The Morgan fingerprint density at radius 1 is 1.50 bits per heavy atom. The first-order valence-corrected chi connectivity index (χ1v) is 5.96. The van der Waals surface area contributed by atoms with Gasteiger partial charge in [-0.3, -0.25) is 4.79 Å². The fourth-order valence-corrected chi connectivity index (χ4v) is 1.46. The van der Waals surface area contributed by atoms with E-state index >= 15 is 0 Å². The van der Waals surface area contributed by atoms with Gasteiger partial charge in [-0.1, -0.05) is 6.07 Å². The zero-order valence-corrected chi connectivity index (χ0v) is 10.4. The van der Waals surface area contributed by atoms with Crippen molar-refractivity contribution in [3.8, 4) is 5.75 Å². The van der Waals surface area contributed by atoms with Gasteiger partial charge in [-0.15, -0.1) is 0 Å². The summed E-state index contributed by atoms with van der Waals surface area (Å²) in [6.07, 6.45) is 0.708. The molecule has 1 rings (SSSR count). The van der Waals surface area contributed by atoms with Crippen LogP contribution >= 0.6 is 0 Å². The van der Waals surface area contributed by atoms with Crippen LogP contribution in [0.4, 0.5) is 4.39 Å². The maximum atomic E-state index is 13.5. The van der Waals surface area contributed by atoms with Crippen LogP contribution < -0.4 is 10.1 Å². The summed E-state index contributed by atoms with van der Waals surface area (Å²) in [4.78, 5) is 11.3. The average Bonchev–Trinajstić information content (AvgIpc) is 2.37. The first-order chi connectivity index (χ1) is 8.67. The Morgan fingerprint density at radius 3 is 2.89 bits per heavy atom. The van der Waals surface area contributed by atoms with Gasteiger partial charge < -0.3 is 15.2 Å². The maximum absolute atomic E-state index is 13.5. The largest absolute Gasteiger partial charge is 0.491 e. The van der Waals surface area contributed by atoms with Crippen LogP contribution in [0.15, 0.2) is 18.2 Å². The molecule has 0 bridgehead atoms. The number of rotatable bonds is 7. The highest BCUT2D eigenvalue weighted by Crippen LogP contribution is 2.18. The molecular formula is C13H18FNO3. The minimum absolute atomic E-state index is 0.00883. The SMILES string of the molecule is CCOc1ccc(CNC(=O)CCCO)cc1F. The highest BCUT2D eigenvalue weighted by atomic mass is 19.1. The number of amides is 1. The number of benzene rings is 1. The topological polar surface area (TPSA) is 58.6 Å². The Kier molecular flexibility index (Phi) is 6.14. The van der Waals surface area contributed by atoms with E-state index in [0.29, 0.717) is 18.6 Å². The van der Waals surface area contributed by atoms with Crippen molar-refractivity contribution in [1.29, 1.82) is 0 Å². The van der Waals surface area contributed by atoms with Crippen molar-refractivity contribution in [2.75, 3.05) is 13.2 Å². The summed E-state index contributed by atoms with van der Waals surface area (Å²) in [5.41, 5.74) is 0.674. The van der Waals surface area contributed by atoms with E-state index in [1.165, 1.54) is 6.07 Å². The molecule has 0 saturated carbocycles. The van der Waals surface area contributed by atoms with Crippen molar-refractivity contribution in [3.63, 3.8) is 0 Å². The number of hydrogen-bond acceptors (Lipinski definition) is 3. The summed E-state index contributed by atoms with van der Waals surface area (Å²) in [5, 5.41) is 11.2. The normalized spacial score (nSPS) is 10.2. The molecule has 0 fully saturated rings. The van der Waals surface area contributed by atoms with Crippen molar-refractivity contribution in [2.24, 2.45) is 0 Å². The molecule has 0 atom stereocenters. The van der Waals surface area contributed by atoms with Crippen LogP contribution in [-0.4, -0.2) is 24.2 Å². The fourth-order valence-electron chi connectivity index (χ4n) is 1.46. The zero-order chi connectivity index (χ0) is 13.4. The molecule has 0 unspecified atom stereocenters. The third kappa shape index (κ3) is 4.71. The van der Waals surface area contributed by atoms with E-state index in [1.807, 2.05) is 0 Å². The molecule has 0 heterocycles. The summed E-state index contributed by atoms with van der Waals surface area (Å²) in [5.74, 6) is -0.370. The quantitative estimate of drug-likeness (QED) is 0.778. The molecule has 5 heteroatoms. The van der Waals surface area contributed by atoms with E-state index in [9.17, 15) is 9.18 Å². The zero-order valence-electron chi connectivity index (χ0n) is 10.4. The number of aliphatic hydroxyl groups is 1. The lowest BCUT2D eigenvalue weighted by Crippen LogP contribution is -2.22. The summed E-state index contributed by atoms with van der Waals surface area (Å²) < 4.78 is 18.6. The van der Waals surface area contributed by atoms with Gasteiger partial charge in [-0.25, -0.2) is 4.39 Å². The standard InChI is InChI=1S/C13H18FNO3/c1-2-18-12-6-5-10(8-11(12)14)9-15-13(17)4-3-7-16/h5-6,8,16H,2-4,7,9H2,1H3,(H,15,17). The molecule has 100 valence electrons. The van der Waals surface area contributed by atoms with Crippen molar-refractivity contribution in [2.45, 2.75) is 26.3 Å². The van der Waals surface area contributed by atoms with E-state index in [-0.39, 0.29) is 31.2 Å². The van der Waals surface area contributed by atoms with Crippen LogP contribution in [-0.2, 0) is 11.3 Å². The number of aliphatic hydroxyl groups excluding tert-OH is 1. The molecule has 4 nitrogen and oxygen atoms in total. The van der Waals surface area contributed by atoms with Crippen LogP contribution in [0.1, 0.15) is 25.3 Å². The molecule has 0 spiro atoms.